The van der Waals surface area contributed by atoms with E-state index in [2.05, 4.69) is 28.4 Å². The van der Waals surface area contributed by atoms with Gasteiger partial charge < -0.3 is 4.74 Å². The highest BCUT2D eigenvalue weighted by molar-refractivity contribution is 9.26. The third-order valence-corrected chi connectivity index (χ3v) is 6.19. The van der Waals surface area contributed by atoms with E-state index < -0.39 is 6.69 Å². The van der Waals surface area contributed by atoms with E-state index in [1.165, 1.54) is 63.5 Å². The molecule has 4 heteroatoms. The number of esters is 1. The molecule has 0 spiro atoms. The summed E-state index contributed by atoms with van der Waals surface area (Å²) in [4.78, 5) is 11.1. The average molecular weight is 377 g/mol. The minimum absolute atomic E-state index is 0.216. The normalized spacial score (nSPS) is 12.0. The molecule has 0 unspecified atom stereocenters. The van der Waals surface area contributed by atoms with Gasteiger partial charge >= 0.3 is 5.97 Å². The van der Waals surface area contributed by atoms with Crippen LogP contribution >= 0.6 is 15.3 Å². The molecule has 0 saturated heterocycles. The van der Waals surface area contributed by atoms with Gasteiger partial charge in [0.25, 0.3) is 0 Å². The molecule has 0 atom stereocenters. The summed E-state index contributed by atoms with van der Waals surface area (Å²) in [6, 6.07) is 1.40. The largest absolute Gasteiger partial charge is 0.463 e. The smallest absolute Gasteiger partial charge is 0.330 e. The monoisotopic (exact) mass is 376 g/mol. The van der Waals surface area contributed by atoms with Crippen LogP contribution in [0, 0.1) is 0 Å². The molecular weight excluding hydrogens is 344 g/mol. The Kier molecular flexibility index (Phi) is 13.5. The van der Waals surface area contributed by atoms with Gasteiger partial charge in [-0.05, 0) is 19.4 Å². The van der Waals surface area contributed by atoms with Crippen molar-refractivity contribution in [3.05, 3.63) is 12.2 Å². The Morgan fingerprint density at radius 3 is 1.90 bits per heavy atom. The first-order valence-corrected chi connectivity index (χ1v) is 13.9. The average Bonchev–Trinajstić information content (AvgIpc) is 2.39. The van der Waals surface area contributed by atoms with Crippen LogP contribution < -0.4 is 0 Å². The molecule has 0 saturated carbocycles. The van der Waals surface area contributed by atoms with Crippen LogP contribution in [0.4, 0.5) is 0 Å². The Hall–Kier alpha value is -0.0931. The lowest BCUT2D eigenvalue weighted by Crippen LogP contribution is -2.13. The lowest BCUT2D eigenvalue weighted by atomic mass is 10.1. The summed E-state index contributed by atoms with van der Waals surface area (Å²) in [6.07, 6.45) is 14.8. The fourth-order valence-electron chi connectivity index (χ4n) is 2.24. The van der Waals surface area contributed by atoms with Crippen LogP contribution in [0.3, 0.4) is 0 Å². The van der Waals surface area contributed by atoms with Crippen LogP contribution in [-0.2, 0) is 9.53 Å². The van der Waals surface area contributed by atoms with Gasteiger partial charge in [-0.1, -0.05) is 70.5 Å². The summed E-state index contributed by atoms with van der Waals surface area (Å²) >= 11 is 3.82. The molecule has 0 heterocycles. The van der Waals surface area contributed by atoms with Crippen molar-refractivity contribution in [2.75, 3.05) is 6.61 Å². The van der Waals surface area contributed by atoms with Crippen LogP contribution in [0.15, 0.2) is 12.2 Å². The summed E-state index contributed by atoms with van der Waals surface area (Å²) in [7, 11) is 0. The van der Waals surface area contributed by atoms with Gasteiger partial charge in [-0.25, -0.2) is 4.79 Å². The SMILES string of the molecule is CC=CC(=O)OCCCCCCCCCCC[Si](C)(C)Br. The van der Waals surface area contributed by atoms with E-state index in [1.54, 1.807) is 6.08 Å². The van der Waals surface area contributed by atoms with Crippen LogP contribution in [0.2, 0.25) is 19.1 Å². The standard InChI is InChI=1S/C17H33BrO2Si/c1-4-14-17(19)20-15-12-10-8-6-5-7-9-11-13-16-21(2,3)18/h4,14H,5-13,15-16H2,1-3H3. The molecule has 0 aromatic carbocycles. The maximum Gasteiger partial charge on any atom is 0.330 e. The highest BCUT2D eigenvalue weighted by Gasteiger charge is 2.14. The lowest BCUT2D eigenvalue weighted by molar-refractivity contribution is -0.137. The van der Waals surface area contributed by atoms with Gasteiger partial charge in [-0.2, -0.15) is 0 Å². The zero-order valence-electron chi connectivity index (χ0n) is 14.1. The fourth-order valence-corrected chi connectivity index (χ4v) is 4.17. The summed E-state index contributed by atoms with van der Waals surface area (Å²) in [6.45, 7) is 6.15. The van der Waals surface area contributed by atoms with Crippen LogP contribution in [-0.4, -0.2) is 19.3 Å². The van der Waals surface area contributed by atoms with Crippen molar-refractivity contribution < 1.29 is 9.53 Å². The third-order valence-electron chi connectivity index (χ3n) is 3.46. The van der Waals surface area contributed by atoms with E-state index in [9.17, 15) is 4.79 Å². The summed E-state index contributed by atoms with van der Waals surface area (Å²) < 4.78 is 5.06. The molecule has 124 valence electrons. The molecule has 0 aliphatic heterocycles. The van der Waals surface area contributed by atoms with E-state index in [0.717, 1.165) is 6.42 Å². The van der Waals surface area contributed by atoms with Gasteiger partial charge in [-0.3, -0.25) is 0 Å². The quantitative estimate of drug-likeness (QED) is 0.125. The Bertz CT molecular complexity index is 285. The molecule has 0 aliphatic carbocycles. The molecule has 0 rings (SSSR count). The van der Waals surface area contributed by atoms with E-state index in [1.807, 2.05) is 6.92 Å². The van der Waals surface area contributed by atoms with Crippen molar-refractivity contribution in [2.24, 2.45) is 0 Å². The number of hydrogen-bond acceptors (Lipinski definition) is 2. The zero-order chi connectivity index (χ0) is 16.0. The summed E-state index contributed by atoms with van der Waals surface area (Å²) in [5.74, 6) is -0.216. The van der Waals surface area contributed by atoms with Gasteiger partial charge in [0.15, 0.2) is 0 Å². The number of carbonyl (C=O) groups excluding carboxylic acids is 1. The molecule has 0 aromatic heterocycles. The number of halogens is 1. The molecule has 21 heavy (non-hydrogen) atoms. The van der Waals surface area contributed by atoms with Gasteiger partial charge in [0.05, 0.1) is 6.61 Å². The molecule has 2 nitrogen and oxygen atoms in total. The van der Waals surface area contributed by atoms with E-state index >= 15 is 0 Å². The predicted octanol–water partition coefficient (Wildman–Crippen LogP) is 6.22. The first-order valence-electron chi connectivity index (χ1n) is 8.44. The molecule has 0 fully saturated rings. The number of unbranched alkanes of at least 4 members (excludes halogenated alkanes) is 8. The summed E-state index contributed by atoms with van der Waals surface area (Å²) in [5, 5.41) is 0. The van der Waals surface area contributed by atoms with Crippen molar-refractivity contribution >= 4 is 28.0 Å². The molecule has 0 amide bonds. The van der Waals surface area contributed by atoms with E-state index in [4.69, 9.17) is 4.74 Å². The number of rotatable bonds is 13. The number of allylic oxidation sites excluding steroid dienone is 1. The van der Waals surface area contributed by atoms with Crippen molar-refractivity contribution in [1.29, 1.82) is 0 Å². The second-order valence-corrected chi connectivity index (χ2v) is 16.7. The summed E-state index contributed by atoms with van der Waals surface area (Å²) in [5.41, 5.74) is 0. The third kappa shape index (κ3) is 17.9. The highest BCUT2D eigenvalue weighted by atomic mass is 79.9. The van der Waals surface area contributed by atoms with Crippen molar-refractivity contribution in [2.45, 2.75) is 83.8 Å². The maximum atomic E-state index is 11.1. The Labute approximate surface area is 140 Å². The Morgan fingerprint density at radius 2 is 1.43 bits per heavy atom. The van der Waals surface area contributed by atoms with Crippen molar-refractivity contribution in [1.82, 2.24) is 0 Å². The first kappa shape index (κ1) is 20.9. The van der Waals surface area contributed by atoms with Crippen LogP contribution in [0.1, 0.15) is 64.7 Å². The van der Waals surface area contributed by atoms with E-state index in [0.29, 0.717) is 6.61 Å². The van der Waals surface area contributed by atoms with Gasteiger partial charge in [0, 0.05) is 6.08 Å². The second kappa shape index (κ2) is 13.6. The second-order valence-electron chi connectivity index (χ2n) is 6.32. The number of ether oxygens (including phenoxy) is 1. The molecule has 0 aliphatic rings. The van der Waals surface area contributed by atoms with Crippen molar-refractivity contribution in [3.8, 4) is 0 Å². The predicted molar refractivity (Wildman–Crippen MR) is 98.5 cm³/mol. The molecule has 0 radical (unpaired) electrons. The minimum Gasteiger partial charge on any atom is -0.463 e. The minimum atomic E-state index is -0.992. The molecular formula is C17H33BrO2Si. The first-order chi connectivity index (χ1) is 9.95. The number of carbonyl (C=O) groups is 1. The van der Waals surface area contributed by atoms with Gasteiger partial charge in [-0.15, -0.1) is 15.3 Å². The van der Waals surface area contributed by atoms with Crippen LogP contribution in [0.25, 0.3) is 0 Å². The number of hydrogen-bond donors (Lipinski definition) is 0. The van der Waals surface area contributed by atoms with Gasteiger partial charge in [0.1, 0.15) is 6.69 Å². The maximum absolute atomic E-state index is 11.1. The Balaban J connectivity index is 3.14. The molecule has 0 N–H and O–H groups in total. The Morgan fingerprint density at radius 1 is 0.952 bits per heavy atom. The highest BCUT2D eigenvalue weighted by Crippen LogP contribution is 2.21. The van der Waals surface area contributed by atoms with Gasteiger partial charge in [0.2, 0.25) is 0 Å². The topological polar surface area (TPSA) is 26.3 Å². The molecule has 0 aromatic rings. The van der Waals surface area contributed by atoms with E-state index in [-0.39, 0.29) is 5.97 Å². The van der Waals surface area contributed by atoms with Crippen molar-refractivity contribution in [3.63, 3.8) is 0 Å². The lowest BCUT2D eigenvalue weighted by Gasteiger charge is -2.12. The fraction of sp³-hybridized carbons (Fsp3) is 0.824. The zero-order valence-corrected chi connectivity index (χ0v) is 16.7. The van der Waals surface area contributed by atoms with Crippen LogP contribution in [0.5, 0.6) is 0 Å². The molecule has 0 bridgehead atoms.